The molecule has 0 saturated carbocycles. The van der Waals surface area contributed by atoms with Crippen molar-refractivity contribution in [3.05, 3.63) is 58.2 Å². The fourth-order valence-electron chi connectivity index (χ4n) is 2.07. The average Bonchev–Trinajstić information content (AvgIpc) is 2.94. The van der Waals surface area contributed by atoms with E-state index in [4.69, 9.17) is 9.15 Å². The number of carbonyl (C=O) groups is 1. The first kappa shape index (κ1) is 14.0. The number of aryl methyl sites for hydroxylation is 1. The molecule has 0 unspecified atom stereocenters. The summed E-state index contributed by atoms with van der Waals surface area (Å²) in [6.07, 6.45) is -0.705. The molecule has 7 nitrogen and oxygen atoms in total. The molecule has 0 spiro atoms. The van der Waals surface area contributed by atoms with Crippen molar-refractivity contribution in [2.75, 3.05) is 0 Å². The number of rotatable bonds is 3. The van der Waals surface area contributed by atoms with Crippen molar-refractivity contribution in [2.45, 2.75) is 20.0 Å². The summed E-state index contributed by atoms with van der Waals surface area (Å²) >= 11 is 0. The van der Waals surface area contributed by atoms with Gasteiger partial charge >= 0.3 is 5.97 Å². The third-order valence-electron chi connectivity index (χ3n) is 3.15. The number of ether oxygens (including phenoxy) is 1. The van der Waals surface area contributed by atoms with Gasteiger partial charge in [-0.25, -0.2) is 4.79 Å². The van der Waals surface area contributed by atoms with Gasteiger partial charge in [0.1, 0.15) is 5.69 Å². The number of carbonyl (C=O) groups excluding carboxylic acids is 1. The number of hydrogen-bond acceptors (Lipinski definition) is 6. The van der Waals surface area contributed by atoms with Crippen LogP contribution in [0.25, 0.3) is 10.8 Å². The second kappa shape index (κ2) is 5.44. The molecule has 7 heteroatoms. The maximum absolute atomic E-state index is 12.1. The van der Waals surface area contributed by atoms with Gasteiger partial charge in [0.25, 0.3) is 11.4 Å². The Labute approximate surface area is 124 Å². The molecule has 0 amide bonds. The normalized spacial score (nSPS) is 12.3. The van der Waals surface area contributed by atoms with E-state index in [9.17, 15) is 9.59 Å². The van der Waals surface area contributed by atoms with Crippen LogP contribution < -0.4 is 5.56 Å². The zero-order chi connectivity index (χ0) is 15.7. The van der Waals surface area contributed by atoms with Crippen molar-refractivity contribution in [1.82, 2.24) is 15.2 Å². The van der Waals surface area contributed by atoms with E-state index in [0.717, 1.165) is 0 Å². The van der Waals surface area contributed by atoms with E-state index in [1.54, 1.807) is 44.2 Å². The zero-order valence-electron chi connectivity index (χ0n) is 12.0. The molecule has 112 valence electrons. The standard InChI is InChI=1S/C15H13N3O4/c1-8(14-18-17-9(2)22-14)21-15(20)12-7-10-5-3-4-6-11(10)13(19)16-12/h3-8H,1-2H3,(H,16,19)/t8-/m1/s1. The third kappa shape index (κ3) is 2.60. The predicted molar refractivity (Wildman–Crippen MR) is 77.4 cm³/mol. The average molecular weight is 299 g/mol. The summed E-state index contributed by atoms with van der Waals surface area (Å²) in [5, 5.41) is 8.65. The molecular formula is C15H13N3O4. The summed E-state index contributed by atoms with van der Waals surface area (Å²) in [6.45, 7) is 3.26. The number of hydrogen-bond donors (Lipinski definition) is 1. The summed E-state index contributed by atoms with van der Waals surface area (Å²) in [6, 6.07) is 8.57. The van der Waals surface area contributed by atoms with Crippen LogP contribution in [0.2, 0.25) is 0 Å². The van der Waals surface area contributed by atoms with Gasteiger partial charge in [-0.3, -0.25) is 4.79 Å². The fraction of sp³-hybridized carbons (Fsp3) is 0.200. The zero-order valence-corrected chi connectivity index (χ0v) is 12.0. The topological polar surface area (TPSA) is 98.1 Å². The number of benzene rings is 1. The Hall–Kier alpha value is -2.96. The second-order valence-corrected chi connectivity index (χ2v) is 4.81. The van der Waals surface area contributed by atoms with Crippen LogP contribution >= 0.6 is 0 Å². The highest BCUT2D eigenvalue weighted by molar-refractivity contribution is 5.92. The van der Waals surface area contributed by atoms with E-state index < -0.39 is 12.1 Å². The van der Waals surface area contributed by atoms with Crippen LogP contribution in [0.4, 0.5) is 0 Å². The molecule has 2 aromatic heterocycles. The van der Waals surface area contributed by atoms with Gasteiger partial charge in [-0.1, -0.05) is 18.2 Å². The van der Waals surface area contributed by atoms with E-state index in [1.165, 1.54) is 0 Å². The first-order chi connectivity index (χ1) is 10.5. The molecule has 0 saturated heterocycles. The minimum absolute atomic E-state index is 0.0757. The van der Waals surface area contributed by atoms with Gasteiger partial charge in [0, 0.05) is 12.3 Å². The summed E-state index contributed by atoms with van der Waals surface area (Å²) in [7, 11) is 0. The highest BCUT2D eigenvalue weighted by Gasteiger charge is 2.19. The first-order valence-corrected chi connectivity index (χ1v) is 6.67. The molecule has 0 radical (unpaired) electrons. The highest BCUT2D eigenvalue weighted by atomic mass is 16.6. The van der Waals surface area contributed by atoms with Crippen LogP contribution in [0.15, 0.2) is 39.5 Å². The van der Waals surface area contributed by atoms with Gasteiger partial charge < -0.3 is 14.1 Å². The van der Waals surface area contributed by atoms with E-state index in [-0.39, 0.29) is 17.1 Å². The fourth-order valence-corrected chi connectivity index (χ4v) is 2.07. The Bertz CT molecular complexity index is 897. The van der Waals surface area contributed by atoms with Gasteiger partial charge in [-0.15, -0.1) is 10.2 Å². The molecule has 3 aromatic rings. The summed E-state index contributed by atoms with van der Waals surface area (Å²) in [5.74, 6) is -0.0720. The smallest absolute Gasteiger partial charge is 0.355 e. The number of nitrogens with one attached hydrogen (secondary N) is 1. The molecule has 3 rings (SSSR count). The SMILES string of the molecule is Cc1nnc([C@@H](C)OC(=O)c2cc3ccccc3c(=O)[nH]2)o1. The second-order valence-electron chi connectivity index (χ2n) is 4.81. The minimum atomic E-state index is -0.705. The first-order valence-electron chi connectivity index (χ1n) is 6.67. The third-order valence-corrected chi connectivity index (χ3v) is 3.15. The Morgan fingerprint density at radius 1 is 1.32 bits per heavy atom. The molecular weight excluding hydrogens is 286 g/mol. The molecule has 0 aliphatic carbocycles. The monoisotopic (exact) mass is 299 g/mol. The van der Waals surface area contributed by atoms with Crippen LogP contribution in [0.5, 0.6) is 0 Å². The maximum Gasteiger partial charge on any atom is 0.355 e. The van der Waals surface area contributed by atoms with Crippen LogP contribution in [0, 0.1) is 6.92 Å². The predicted octanol–water partition coefficient (Wildman–Crippen LogP) is 2.14. The van der Waals surface area contributed by atoms with Gasteiger partial charge in [-0.05, 0) is 24.4 Å². The van der Waals surface area contributed by atoms with E-state index in [1.807, 2.05) is 0 Å². The summed E-state index contributed by atoms with van der Waals surface area (Å²) in [5.41, 5.74) is -0.266. The molecule has 0 bridgehead atoms. The van der Waals surface area contributed by atoms with Crippen LogP contribution in [0.1, 0.15) is 35.3 Å². The Morgan fingerprint density at radius 2 is 2.09 bits per heavy atom. The number of fused-ring (bicyclic) bond motifs is 1. The number of pyridine rings is 1. The molecule has 1 aromatic carbocycles. The lowest BCUT2D eigenvalue weighted by Crippen LogP contribution is -2.16. The quantitative estimate of drug-likeness (QED) is 0.744. The molecule has 2 heterocycles. The molecule has 0 aliphatic heterocycles. The van der Waals surface area contributed by atoms with Crippen molar-refractivity contribution in [1.29, 1.82) is 0 Å². The van der Waals surface area contributed by atoms with Gasteiger partial charge in [-0.2, -0.15) is 0 Å². The largest absolute Gasteiger partial charge is 0.448 e. The van der Waals surface area contributed by atoms with Crippen molar-refractivity contribution in [3.8, 4) is 0 Å². The lowest BCUT2D eigenvalue weighted by atomic mass is 10.1. The van der Waals surface area contributed by atoms with Crippen molar-refractivity contribution in [3.63, 3.8) is 0 Å². The molecule has 22 heavy (non-hydrogen) atoms. The Balaban J connectivity index is 1.87. The molecule has 0 fully saturated rings. The molecule has 1 N–H and O–H groups in total. The van der Waals surface area contributed by atoms with Gasteiger partial charge in [0.05, 0.1) is 0 Å². The number of aromatic nitrogens is 3. The maximum atomic E-state index is 12.1. The number of H-pyrrole nitrogens is 1. The number of aromatic amines is 1. The lowest BCUT2D eigenvalue weighted by Gasteiger charge is -2.09. The van der Waals surface area contributed by atoms with Crippen molar-refractivity contribution >= 4 is 16.7 Å². The Kier molecular flexibility index (Phi) is 3.46. The van der Waals surface area contributed by atoms with Gasteiger partial charge in [0.15, 0.2) is 6.10 Å². The van der Waals surface area contributed by atoms with Crippen LogP contribution in [-0.4, -0.2) is 21.2 Å². The number of nitrogens with zero attached hydrogens (tertiary/aromatic N) is 2. The highest BCUT2D eigenvalue weighted by Crippen LogP contribution is 2.17. The summed E-state index contributed by atoms with van der Waals surface area (Å²) in [4.78, 5) is 26.6. The number of esters is 1. The van der Waals surface area contributed by atoms with E-state index in [2.05, 4.69) is 15.2 Å². The van der Waals surface area contributed by atoms with Crippen LogP contribution in [0.3, 0.4) is 0 Å². The minimum Gasteiger partial charge on any atom is -0.448 e. The molecule has 1 atom stereocenters. The van der Waals surface area contributed by atoms with Crippen LogP contribution in [-0.2, 0) is 4.74 Å². The Morgan fingerprint density at radius 3 is 2.82 bits per heavy atom. The van der Waals surface area contributed by atoms with Gasteiger partial charge in [0.2, 0.25) is 5.89 Å². The van der Waals surface area contributed by atoms with E-state index >= 15 is 0 Å². The van der Waals surface area contributed by atoms with Crippen molar-refractivity contribution in [2.24, 2.45) is 0 Å². The lowest BCUT2D eigenvalue weighted by molar-refractivity contribution is 0.0270. The van der Waals surface area contributed by atoms with E-state index in [0.29, 0.717) is 16.7 Å². The summed E-state index contributed by atoms with van der Waals surface area (Å²) < 4.78 is 10.4. The van der Waals surface area contributed by atoms with Crippen molar-refractivity contribution < 1.29 is 13.9 Å². The molecule has 0 aliphatic rings.